The Hall–Kier alpha value is -3.39. The molecule has 0 radical (unpaired) electrons. The summed E-state index contributed by atoms with van der Waals surface area (Å²) in [6.45, 7) is 2.56. The highest BCUT2D eigenvalue weighted by atomic mass is 16.2. The van der Waals surface area contributed by atoms with Crippen molar-refractivity contribution in [1.29, 1.82) is 0 Å². The topological polar surface area (TPSA) is 135 Å². The molecule has 2 aromatic rings. The molecule has 7 N–H and O–H groups in total. The van der Waals surface area contributed by atoms with Crippen molar-refractivity contribution in [1.82, 2.24) is 16.0 Å². The molecule has 0 aromatic heterocycles. The van der Waals surface area contributed by atoms with Gasteiger partial charge in [-0.05, 0) is 68.0 Å². The fourth-order valence-electron chi connectivity index (χ4n) is 5.27. The van der Waals surface area contributed by atoms with Gasteiger partial charge in [0.2, 0.25) is 5.91 Å². The summed E-state index contributed by atoms with van der Waals surface area (Å²) in [5.41, 5.74) is 13.6. The van der Waals surface area contributed by atoms with Crippen molar-refractivity contribution >= 4 is 17.9 Å². The number of unbranched alkanes of at least 4 members (excludes halogenated alkanes) is 3. The average Bonchev–Trinajstić information content (AvgIpc) is 2.96. The van der Waals surface area contributed by atoms with E-state index in [2.05, 4.69) is 33.1 Å². The van der Waals surface area contributed by atoms with E-state index >= 15 is 0 Å². The summed E-state index contributed by atoms with van der Waals surface area (Å²) in [6.07, 6.45) is 9.00. The van der Waals surface area contributed by atoms with Crippen LogP contribution in [0.4, 0.5) is 4.79 Å². The van der Waals surface area contributed by atoms with Crippen LogP contribution in [0.25, 0.3) is 0 Å². The van der Waals surface area contributed by atoms with Crippen LogP contribution >= 0.6 is 0 Å². The van der Waals surface area contributed by atoms with Gasteiger partial charge >= 0.3 is 6.03 Å². The Morgan fingerprint density at radius 3 is 2.33 bits per heavy atom. The van der Waals surface area contributed by atoms with Gasteiger partial charge in [-0.25, -0.2) is 4.79 Å². The first-order valence-electron chi connectivity index (χ1n) is 14.5. The van der Waals surface area contributed by atoms with E-state index in [4.69, 9.17) is 11.5 Å². The van der Waals surface area contributed by atoms with Gasteiger partial charge in [0.05, 0.1) is 5.92 Å². The Morgan fingerprint density at radius 1 is 0.897 bits per heavy atom. The number of hydrogen-bond donors (Lipinski definition) is 5. The van der Waals surface area contributed by atoms with Gasteiger partial charge in [-0.1, -0.05) is 79.9 Å². The second kappa shape index (κ2) is 17.2. The number of carbonyl (C=O) groups is 2. The molecule has 0 aliphatic heterocycles. The van der Waals surface area contributed by atoms with E-state index < -0.39 is 0 Å². The van der Waals surface area contributed by atoms with E-state index in [0.717, 1.165) is 62.5 Å². The molecule has 1 aliphatic carbocycles. The maximum Gasteiger partial charge on any atom is 0.321 e. The minimum atomic E-state index is -0.317. The fourth-order valence-corrected chi connectivity index (χ4v) is 5.27. The number of guanidine groups is 1. The quantitative estimate of drug-likeness (QED) is 0.142. The third kappa shape index (κ3) is 11.5. The highest BCUT2D eigenvalue weighted by Gasteiger charge is 2.25. The van der Waals surface area contributed by atoms with Crippen LogP contribution in [0.1, 0.15) is 68.4 Å². The monoisotopic (exact) mass is 534 g/mol. The first kappa shape index (κ1) is 30.2. The number of hydrogen-bond acceptors (Lipinski definition) is 4. The maximum absolute atomic E-state index is 13.3. The van der Waals surface area contributed by atoms with Gasteiger partial charge < -0.3 is 22.1 Å². The first-order valence-corrected chi connectivity index (χ1v) is 14.5. The summed E-state index contributed by atoms with van der Waals surface area (Å²) in [4.78, 5) is 29.8. The normalized spacial score (nSPS) is 18.2. The van der Waals surface area contributed by atoms with E-state index in [0.29, 0.717) is 44.4 Å². The number of urea groups is 1. The number of nitrogens with two attached hydrogens (primary N) is 2. The summed E-state index contributed by atoms with van der Waals surface area (Å²) < 4.78 is 0. The third-order valence-corrected chi connectivity index (χ3v) is 7.44. The number of nitrogens with one attached hydrogen (secondary N) is 3. The van der Waals surface area contributed by atoms with Gasteiger partial charge in [0.1, 0.15) is 0 Å². The second-order valence-corrected chi connectivity index (χ2v) is 10.6. The van der Waals surface area contributed by atoms with Gasteiger partial charge in [-0.3, -0.25) is 15.1 Å². The zero-order valence-corrected chi connectivity index (χ0v) is 23.1. The summed E-state index contributed by atoms with van der Waals surface area (Å²) >= 11 is 0. The lowest BCUT2D eigenvalue weighted by molar-refractivity contribution is -0.122. The maximum atomic E-state index is 13.3. The van der Waals surface area contributed by atoms with Gasteiger partial charge in [0.25, 0.3) is 0 Å². The van der Waals surface area contributed by atoms with Crippen LogP contribution in [-0.4, -0.2) is 44.1 Å². The van der Waals surface area contributed by atoms with E-state index in [1.807, 2.05) is 48.5 Å². The van der Waals surface area contributed by atoms with Gasteiger partial charge in [0.15, 0.2) is 5.96 Å². The van der Waals surface area contributed by atoms with Crippen molar-refractivity contribution in [2.45, 2.75) is 63.7 Å². The first-order chi connectivity index (χ1) is 19.0. The van der Waals surface area contributed by atoms with Gasteiger partial charge in [-0.15, -0.1) is 0 Å². The Labute approximate surface area is 233 Å². The van der Waals surface area contributed by atoms with Crippen LogP contribution in [0.5, 0.6) is 0 Å². The molecular formula is C31H46N6O2. The highest BCUT2D eigenvalue weighted by molar-refractivity contribution is 5.95. The van der Waals surface area contributed by atoms with Crippen LogP contribution in [-0.2, 0) is 11.2 Å². The van der Waals surface area contributed by atoms with Crippen LogP contribution in [0, 0.1) is 11.8 Å². The Morgan fingerprint density at radius 2 is 1.59 bits per heavy atom. The summed E-state index contributed by atoms with van der Waals surface area (Å²) in [5.74, 6) is 0.802. The van der Waals surface area contributed by atoms with Crippen LogP contribution in [0.2, 0.25) is 0 Å². The minimum absolute atomic E-state index is 0.0732. The van der Waals surface area contributed by atoms with Gasteiger partial charge in [-0.2, -0.15) is 0 Å². The van der Waals surface area contributed by atoms with Gasteiger partial charge in [0, 0.05) is 19.6 Å². The lowest BCUT2D eigenvalue weighted by atomic mass is 9.81. The fraction of sp³-hybridized carbons (Fsp3) is 0.516. The Kier molecular flexibility index (Phi) is 13.3. The molecule has 0 saturated heterocycles. The molecular weight excluding hydrogens is 488 g/mol. The lowest BCUT2D eigenvalue weighted by Crippen LogP contribution is -2.44. The molecule has 3 amide bonds. The zero-order valence-electron chi connectivity index (χ0n) is 23.1. The molecule has 212 valence electrons. The van der Waals surface area contributed by atoms with E-state index in [1.54, 1.807) is 0 Å². The third-order valence-electron chi connectivity index (χ3n) is 7.44. The minimum Gasteiger partial charge on any atom is -0.370 e. The molecule has 0 spiro atoms. The van der Waals surface area contributed by atoms with Crippen molar-refractivity contribution in [3.63, 3.8) is 0 Å². The smallest absolute Gasteiger partial charge is 0.321 e. The van der Waals surface area contributed by atoms with E-state index in [-0.39, 0.29) is 23.8 Å². The van der Waals surface area contributed by atoms with E-state index in [9.17, 15) is 9.59 Å². The second-order valence-electron chi connectivity index (χ2n) is 10.6. The molecule has 3 atom stereocenters. The van der Waals surface area contributed by atoms with Crippen molar-refractivity contribution in [3.05, 3.63) is 71.8 Å². The van der Waals surface area contributed by atoms with Crippen molar-refractivity contribution in [2.75, 3.05) is 26.2 Å². The molecule has 3 unspecified atom stereocenters. The number of nitrogens with zero attached hydrogens (tertiary/aromatic N) is 1. The lowest BCUT2D eigenvalue weighted by Gasteiger charge is -2.29. The van der Waals surface area contributed by atoms with Crippen LogP contribution < -0.4 is 27.4 Å². The number of amides is 3. The van der Waals surface area contributed by atoms with Crippen LogP contribution in [0.15, 0.2) is 65.7 Å². The molecule has 39 heavy (non-hydrogen) atoms. The molecule has 3 rings (SSSR count). The average molecular weight is 535 g/mol. The summed E-state index contributed by atoms with van der Waals surface area (Å²) in [7, 11) is 0. The summed E-state index contributed by atoms with van der Waals surface area (Å²) in [5, 5.41) is 8.69. The Bertz CT molecular complexity index is 1010. The number of rotatable bonds is 14. The summed E-state index contributed by atoms with van der Waals surface area (Å²) in [6, 6.07) is 19.9. The highest BCUT2D eigenvalue weighted by Crippen LogP contribution is 2.29. The molecule has 1 saturated carbocycles. The largest absolute Gasteiger partial charge is 0.370 e. The number of benzene rings is 2. The number of aliphatic imine (C=N–C) groups is 1. The Balaban J connectivity index is 1.42. The van der Waals surface area contributed by atoms with Crippen molar-refractivity contribution < 1.29 is 9.59 Å². The van der Waals surface area contributed by atoms with Crippen LogP contribution in [0.3, 0.4) is 0 Å². The zero-order chi connectivity index (χ0) is 27.7. The molecule has 1 fully saturated rings. The SMILES string of the molecule is NCCCCCCNC(=O)NC(N)=NCC1CCCC(CNC(=O)C(Cc2ccccc2)c2ccccc2)C1. The molecule has 8 heteroatoms. The van der Waals surface area contributed by atoms with Crippen molar-refractivity contribution in [2.24, 2.45) is 28.3 Å². The molecule has 2 aromatic carbocycles. The van der Waals surface area contributed by atoms with E-state index in [1.165, 1.54) is 0 Å². The number of carbonyl (C=O) groups excluding carboxylic acids is 2. The molecule has 0 bridgehead atoms. The predicted molar refractivity (Wildman–Crippen MR) is 158 cm³/mol. The standard InChI is InChI=1S/C31H46N6O2/c32-18-9-1-2-10-19-34-31(39)37-30(33)36-23-26-15-11-14-25(20-26)22-35-29(38)28(27-16-7-4-8-17-27)21-24-12-5-3-6-13-24/h3-8,12-13,16-17,25-26,28H,1-2,9-11,14-15,18-23,32H2,(H,35,38)(H4,33,34,36,37,39). The molecule has 0 heterocycles. The molecule has 1 aliphatic rings. The van der Waals surface area contributed by atoms with Crippen molar-refractivity contribution in [3.8, 4) is 0 Å². The predicted octanol–water partition coefficient (Wildman–Crippen LogP) is 4.07. The molecule has 8 nitrogen and oxygen atoms in total.